The second kappa shape index (κ2) is 12.3. The lowest BCUT2D eigenvalue weighted by molar-refractivity contribution is 0.0142. The fraction of sp³-hybridized carbons (Fsp3) is 0.567. The zero-order valence-electron chi connectivity index (χ0n) is 24.4. The van der Waals surface area contributed by atoms with Crippen LogP contribution < -0.4 is 0 Å². The van der Waals surface area contributed by atoms with Gasteiger partial charge in [-0.15, -0.1) is 0 Å². The van der Waals surface area contributed by atoms with Crippen molar-refractivity contribution in [3.63, 3.8) is 0 Å². The molecule has 1 aliphatic heterocycles. The number of likely N-dealkylation sites (N-methyl/N-ethyl adjacent to an activating group) is 1. The first-order valence-electron chi connectivity index (χ1n) is 14.0. The summed E-state index contributed by atoms with van der Waals surface area (Å²) >= 11 is 0. The second-order valence-electron chi connectivity index (χ2n) is 11.7. The highest BCUT2D eigenvalue weighted by molar-refractivity contribution is 5.95. The number of benzene rings is 1. The smallest absolute Gasteiger partial charge is 0.410 e. The Bertz CT molecular complexity index is 1180. The molecule has 10 heteroatoms. The maximum absolute atomic E-state index is 13.6. The molecule has 40 heavy (non-hydrogen) atoms. The highest BCUT2D eigenvalue weighted by Crippen LogP contribution is 2.33. The summed E-state index contributed by atoms with van der Waals surface area (Å²) < 4.78 is 10.7. The molecule has 1 aromatic carbocycles. The van der Waals surface area contributed by atoms with E-state index in [9.17, 15) is 14.4 Å². The largest absolute Gasteiger partial charge is 0.444 e. The fourth-order valence-corrected chi connectivity index (χ4v) is 4.89. The van der Waals surface area contributed by atoms with Gasteiger partial charge in [-0.1, -0.05) is 12.1 Å². The molecule has 0 spiro atoms. The fourth-order valence-electron chi connectivity index (χ4n) is 4.89. The maximum atomic E-state index is 13.6. The Balaban J connectivity index is 1.39. The normalized spacial score (nSPS) is 16.8. The number of methoxy groups -OCH3 is 1. The third-order valence-electron chi connectivity index (χ3n) is 7.36. The number of ether oxygens (including phenoxy) is 2. The van der Waals surface area contributed by atoms with Crippen LogP contribution in [0.5, 0.6) is 0 Å². The lowest BCUT2D eigenvalue weighted by Gasteiger charge is -2.39. The van der Waals surface area contributed by atoms with Gasteiger partial charge in [-0.25, -0.2) is 14.8 Å². The number of amides is 3. The molecule has 0 N–H and O–H groups in total. The van der Waals surface area contributed by atoms with Crippen molar-refractivity contribution in [3.05, 3.63) is 47.8 Å². The highest BCUT2D eigenvalue weighted by Gasteiger charge is 2.40. The predicted molar refractivity (Wildman–Crippen MR) is 151 cm³/mol. The molecule has 2 aromatic rings. The van der Waals surface area contributed by atoms with Crippen LogP contribution in [0.3, 0.4) is 0 Å². The first-order valence-corrected chi connectivity index (χ1v) is 14.0. The van der Waals surface area contributed by atoms with E-state index in [4.69, 9.17) is 9.47 Å². The number of rotatable bonds is 8. The van der Waals surface area contributed by atoms with Crippen LogP contribution in [0.4, 0.5) is 4.79 Å². The summed E-state index contributed by atoms with van der Waals surface area (Å²) in [5, 5.41) is 0. The van der Waals surface area contributed by atoms with Crippen LogP contribution in [0, 0.1) is 0 Å². The van der Waals surface area contributed by atoms with Crippen LogP contribution in [0.25, 0.3) is 11.4 Å². The minimum atomic E-state index is -0.533. The first-order chi connectivity index (χ1) is 19.0. The summed E-state index contributed by atoms with van der Waals surface area (Å²) in [5.41, 5.74) is 1.25. The summed E-state index contributed by atoms with van der Waals surface area (Å²) in [4.78, 5) is 53.1. The zero-order valence-corrected chi connectivity index (χ0v) is 24.4. The first kappa shape index (κ1) is 29.5. The van der Waals surface area contributed by atoms with E-state index in [1.807, 2.05) is 44.7 Å². The minimum absolute atomic E-state index is 0.0432. The van der Waals surface area contributed by atoms with Gasteiger partial charge < -0.3 is 24.2 Å². The third-order valence-corrected chi connectivity index (χ3v) is 7.36. The van der Waals surface area contributed by atoms with Crippen LogP contribution in [0.1, 0.15) is 74.1 Å². The van der Waals surface area contributed by atoms with Crippen LogP contribution in [0.15, 0.2) is 36.7 Å². The monoisotopic (exact) mass is 551 g/mol. The summed E-state index contributed by atoms with van der Waals surface area (Å²) in [5.74, 6) is 0.328. The van der Waals surface area contributed by atoms with E-state index in [1.165, 1.54) is 0 Å². The standard InChI is InChI=1S/C30H41N5O5/c1-20(19-39-6)33(5)27(36)22-9-7-21(8-10-22)26-31-17-23(18-32-26)28(37)35(24-11-12-24)25-13-15-34(16-14-25)29(38)40-30(2,3)4/h7-10,17-18,20,24-25H,11-16,19H2,1-6H3. The molecule has 1 aliphatic carbocycles. The van der Waals surface area contributed by atoms with Crippen LogP contribution in [-0.4, -0.2) is 100 Å². The van der Waals surface area contributed by atoms with Crippen molar-refractivity contribution in [3.8, 4) is 11.4 Å². The van der Waals surface area contributed by atoms with Crippen LogP contribution in [0.2, 0.25) is 0 Å². The summed E-state index contributed by atoms with van der Waals surface area (Å²) in [6.07, 6.45) is 6.26. The van der Waals surface area contributed by atoms with Crippen molar-refractivity contribution in [2.24, 2.45) is 0 Å². The summed E-state index contributed by atoms with van der Waals surface area (Å²) in [6, 6.07) is 7.39. The van der Waals surface area contributed by atoms with Crippen molar-refractivity contribution in [1.29, 1.82) is 0 Å². The van der Waals surface area contributed by atoms with Gasteiger partial charge >= 0.3 is 6.09 Å². The Morgan fingerprint density at radius 3 is 2.05 bits per heavy atom. The zero-order chi connectivity index (χ0) is 29.0. The van der Waals surface area contributed by atoms with Gasteiger partial charge in [0.25, 0.3) is 11.8 Å². The van der Waals surface area contributed by atoms with Gasteiger partial charge in [0.1, 0.15) is 5.60 Å². The molecule has 2 fully saturated rings. The van der Waals surface area contributed by atoms with Crippen molar-refractivity contribution < 1.29 is 23.9 Å². The van der Waals surface area contributed by atoms with Gasteiger partial charge in [0.2, 0.25) is 0 Å². The van der Waals surface area contributed by atoms with Gasteiger partial charge in [-0.3, -0.25) is 9.59 Å². The Labute approximate surface area is 236 Å². The number of carbonyl (C=O) groups excluding carboxylic acids is 3. The number of piperidine rings is 1. The Morgan fingerprint density at radius 2 is 1.52 bits per heavy atom. The number of carbonyl (C=O) groups is 3. The Kier molecular flexibility index (Phi) is 9.08. The molecule has 4 rings (SSSR count). The van der Waals surface area contributed by atoms with E-state index < -0.39 is 5.60 Å². The minimum Gasteiger partial charge on any atom is -0.444 e. The highest BCUT2D eigenvalue weighted by atomic mass is 16.6. The van der Waals surface area contributed by atoms with E-state index in [0.717, 1.165) is 18.4 Å². The molecule has 1 aromatic heterocycles. The van der Waals surface area contributed by atoms with Crippen molar-refractivity contribution in [2.75, 3.05) is 33.9 Å². The number of hydrogen-bond donors (Lipinski definition) is 0. The SMILES string of the molecule is COCC(C)N(C)C(=O)c1ccc(-c2ncc(C(=O)N(C3CC3)C3CCN(C(=O)OC(C)(C)C)CC3)cn2)cc1. The molecule has 1 atom stereocenters. The number of likely N-dealkylation sites (tertiary alicyclic amines) is 1. The lowest BCUT2D eigenvalue weighted by atomic mass is 10.0. The quantitative estimate of drug-likeness (QED) is 0.483. The summed E-state index contributed by atoms with van der Waals surface area (Å²) in [6.45, 7) is 9.10. The van der Waals surface area contributed by atoms with Gasteiger partial charge in [0.05, 0.1) is 18.2 Å². The second-order valence-corrected chi connectivity index (χ2v) is 11.7. The van der Waals surface area contributed by atoms with E-state index in [-0.39, 0.29) is 36.0 Å². The molecule has 1 saturated carbocycles. The maximum Gasteiger partial charge on any atom is 0.410 e. The van der Waals surface area contributed by atoms with E-state index in [2.05, 4.69) is 9.97 Å². The van der Waals surface area contributed by atoms with Crippen molar-refractivity contribution in [2.45, 2.75) is 77.1 Å². The van der Waals surface area contributed by atoms with Crippen LogP contribution >= 0.6 is 0 Å². The van der Waals surface area contributed by atoms with E-state index >= 15 is 0 Å². The summed E-state index contributed by atoms with van der Waals surface area (Å²) in [7, 11) is 3.37. The van der Waals surface area contributed by atoms with Crippen molar-refractivity contribution >= 4 is 17.9 Å². The molecule has 1 saturated heterocycles. The number of aromatic nitrogens is 2. The van der Waals surface area contributed by atoms with E-state index in [0.29, 0.717) is 49.5 Å². The molecule has 0 bridgehead atoms. The number of nitrogens with zero attached hydrogens (tertiary/aromatic N) is 5. The molecule has 2 aliphatic rings. The molecular weight excluding hydrogens is 510 g/mol. The lowest BCUT2D eigenvalue weighted by Crippen LogP contribution is -2.50. The molecule has 3 amide bonds. The molecular formula is C30H41N5O5. The van der Waals surface area contributed by atoms with Gasteiger partial charge in [0, 0.05) is 62.9 Å². The number of hydrogen-bond acceptors (Lipinski definition) is 7. The average molecular weight is 552 g/mol. The van der Waals surface area contributed by atoms with Gasteiger partial charge in [-0.2, -0.15) is 0 Å². The predicted octanol–water partition coefficient (Wildman–Crippen LogP) is 4.25. The van der Waals surface area contributed by atoms with Crippen LogP contribution in [-0.2, 0) is 9.47 Å². The molecule has 2 heterocycles. The topological polar surface area (TPSA) is 105 Å². The molecule has 216 valence electrons. The van der Waals surface area contributed by atoms with Gasteiger partial charge in [0.15, 0.2) is 5.82 Å². The van der Waals surface area contributed by atoms with Gasteiger partial charge in [-0.05, 0) is 65.5 Å². The average Bonchev–Trinajstić information content (AvgIpc) is 3.77. The van der Waals surface area contributed by atoms with Crippen molar-refractivity contribution in [1.82, 2.24) is 24.7 Å². The molecule has 0 radical (unpaired) electrons. The third kappa shape index (κ3) is 7.15. The molecule has 10 nitrogen and oxygen atoms in total. The Morgan fingerprint density at radius 1 is 0.950 bits per heavy atom. The van der Waals surface area contributed by atoms with E-state index in [1.54, 1.807) is 48.5 Å². The Hall–Kier alpha value is -3.53. The molecule has 1 unspecified atom stereocenters.